The van der Waals surface area contributed by atoms with Gasteiger partial charge in [-0.3, -0.25) is 0 Å². The van der Waals surface area contributed by atoms with Crippen LogP contribution >= 0.6 is 0 Å². The predicted molar refractivity (Wildman–Crippen MR) is 170 cm³/mol. The number of hydrogen-bond donors (Lipinski definition) is 3. The topological polar surface area (TPSA) is 156 Å². The molecule has 5 rings (SSSR count). The van der Waals surface area contributed by atoms with Crippen molar-refractivity contribution in [1.29, 1.82) is 0 Å². The average molecular weight is 693 g/mol. The van der Waals surface area contributed by atoms with Crippen molar-refractivity contribution in [2.75, 3.05) is 13.7 Å². The van der Waals surface area contributed by atoms with Gasteiger partial charge in [0.25, 0.3) is 0 Å². The summed E-state index contributed by atoms with van der Waals surface area (Å²) in [6.45, 7) is 15.4. The molecule has 17 atom stereocenters. The quantitative estimate of drug-likeness (QED) is 0.264. The summed E-state index contributed by atoms with van der Waals surface area (Å²) < 4.78 is 39.3. The first-order chi connectivity index (χ1) is 22.0. The molecular formula is C36H61NaO11. The normalized spacial score (nSPS) is 49.8. The third-order valence-corrected chi connectivity index (χ3v) is 13.0. The van der Waals surface area contributed by atoms with Crippen LogP contribution in [0.25, 0.3) is 0 Å². The molecule has 5 saturated heterocycles. The smallest absolute Gasteiger partial charge is 0.550 e. The van der Waals surface area contributed by atoms with Gasteiger partial charge in [0.05, 0.1) is 60.5 Å². The van der Waals surface area contributed by atoms with Crippen LogP contribution < -0.4 is 34.7 Å². The second-order valence-electron chi connectivity index (χ2n) is 16.3. The van der Waals surface area contributed by atoms with E-state index in [1.54, 1.807) is 6.92 Å². The molecule has 272 valence electrons. The zero-order valence-electron chi connectivity index (χ0n) is 31.0. The van der Waals surface area contributed by atoms with Gasteiger partial charge in [0.2, 0.25) is 0 Å². The summed E-state index contributed by atoms with van der Waals surface area (Å²) in [7, 11) is 1.50. The second-order valence-corrected chi connectivity index (χ2v) is 16.3. The molecule has 1 spiro atoms. The number of methoxy groups -OCH3 is 1. The summed E-state index contributed by atoms with van der Waals surface area (Å²) in [5.41, 5.74) is -1.16. The molecule has 5 aliphatic rings. The monoisotopic (exact) mass is 692 g/mol. The minimum atomic E-state index is -1.57. The average Bonchev–Trinajstić information content (AvgIpc) is 3.73. The zero-order valence-corrected chi connectivity index (χ0v) is 33.0. The van der Waals surface area contributed by atoms with Crippen LogP contribution in [0, 0.1) is 35.5 Å². The fraction of sp³-hybridized carbons (Fsp3) is 0.972. The third kappa shape index (κ3) is 7.33. The van der Waals surface area contributed by atoms with E-state index in [9.17, 15) is 25.2 Å². The van der Waals surface area contributed by atoms with Crippen LogP contribution in [-0.2, 0) is 33.2 Å². The van der Waals surface area contributed by atoms with Gasteiger partial charge in [-0.15, -0.1) is 0 Å². The van der Waals surface area contributed by atoms with Crippen LogP contribution in [0.1, 0.15) is 107 Å². The number of carboxylic acid groups (broad SMARTS) is 1. The van der Waals surface area contributed by atoms with E-state index in [1.165, 1.54) is 7.11 Å². The molecule has 5 aliphatic heterocycles. The molecule has 0 radical (unpaired) electrons. The molecule has 5 fully saturated rings. The molecule has 12 heteroatoms. The van der Waals surface area contributed by atoms with Crippen LogP contribution in [0.4, 0.5) is 0 Å². The van der Waals surface area contributed by atoms with Gasteiger partial charge in [-0.05, 0) is 57.3 Å². The Balaban J connectivity index is 0.00000520. The summed E-state index contributed by atoms with van der Waals surface area (Å²) >= 11 is 0. The Hall–Kier alpha value is 0.110. The minimum absolute atomic E-state index is 0. The number of aliphatic hydroxyl groups excluding tert-OH is 2. The van der Waals surface area contributed by atoms with Crippen LogP contribution in [-0.4, -0.2) is 101 Å². The molecule has 0 aromatic rings. The van der Waals surface area contributed by atoms with Crippen molar-refractivity contribution >= 4 is 5.97 Å². The number of rotatable bonds is 10. The van der Waals surface area contributed by atoms with Crippen LogP contribution in [0.3, 0.4) is 0 Å². The molecule has 0 bridgehead atoms. The first-order valence-corrected chi connectivity index (χ1v) is 18.1. The molecule has 0 amide bonds. The van der Waals surface area contributed by atoms with Gasteiger partial charge in [0, 0.05) is 49.6 Å². The number of aliphatic hydroxyl groups is 3. The molecule has 0 aliphatic carbocycles. The zero-order chi connectivity index (χ0) is 34.7. The second kappa shape index (κ2) is 15.2. The third-order valence-electron chi connectivity index (χ3n) is 13.0. The summed E-state index contributed by atoms with van der Waals surface area (Å²) in [5.74, 6) is -4.97. The van der Waals surface area contributed by atoms with Crippen molar-refractivity contribution in [3.8, 4) is 0 Å². The van der Waals surface area contributed by atoms with Crippen LogP contribution in [0.2, 0.25) is 0 Å². The number of carbonyl (C=O) groups excluding carboxylic acids is 1. The Bertz CT molecular complexity index is 1110. The van der Waals surface area contributed by atoms with Gasteiger partial charge in [0.1, 0.15) is 0 Å². The van der Waals surface area contributed by atoms with Gasteiger partial charge < -0.3 is 53.6 Å². The van der Waals surface area contributed by atoms with E-state index in [2.05, 4.69) is 27.7 Å². The number of carboxylic acids is 1. The Kier molecular flexibility index (Phi) is 13.0. The van der Waals surface area contributed by atoms with Crippen molar-refractivity contribution in [3.63, 3.8) is 0 Å². The van der Waals surface area contributed by atoms with Gasteiger partial charge in [-0.25, -0.2) is 0 Å². The van der Waals surface area contributed by atoms with E-state index in [1.807, 2.05) is 20.8 Å². The van der Waals surface area contributed by atoms with E-state index in [-0.39, 0.29) is 83.6 Å². The number of aliphatic carboxylic acids is 1. The molecule has 0 aromatic carbocycles. The Morgan fingerprint density at radius 2 is 1.73 bits per heavy atom. The molecule has 0 saturated carbocycles. The minimum Gasteiger partial charge on any atom is -0.550 e. The molecule has 14 unspecified atom stereocenters. The summed E-state index contributed by atoms with van der Waals surface area (Å²) in [6, 6.07) is 0. The van der Waals surface area contributed by atoms with Crippen molar-refractivity contribution < 1.29 is 83.2 Å². The fourth-order valence-corrected chi connectivity index (χ4v) is 9.91. The van der Waals surface area contributed by atoms with E-state index >= 15 is 0 Å². The van der Waals surface area contributed by atoms with Crippen molar-refractivity contribution in [2.45, 2.75) is 172 Å². The molecule has 3 N–H and O–H groups in total. The largest absolute Gasteiger partial charge is 1.00 e. The first-order valence-electron chi connectivity index (χ1n) is 18.1. The van der Waals surface area contributed by atoms with E-state index in [0.717, 1.165) is 32.1 Å². The molecular weight excluding hydrogens is 631 g/mol. The Morgan fingerprint density at radius 3 is 2.33 bits per heavy atom. The van der Waals surface area contributed by atoms with Gasteiger partial charge in [-0.1, -0.05) is 48.5 Å². The maximum atomic E-state index is 11.7. The maximum Gasteiger partial charge on any atom is 1.00 e. The number of carbonyl (C=O) groups is 1. The molecule has 0 aromatic heterocycles. The standard InChI is InChI=1S/C36H62O11.Na/c1-10-34(31-20(3)16-26(43-31)28-19(2)15-21(4)36(41,18-37)46-28)12-11-27(44-34)33(8)13-14-35(47-33)17-25(38)22(5)30(45-35)23(6)29(42-9)24(7)32(39)40;/h19-31,37-38,41H,10-18H2,1-9H3,(H,39,40);/q;+1/p-1/t19?,20?,21?,22?,23?,24?,25?,26?,27?,28?,29?,30?,31?,33-,34-,35?,36-;/m0./s1. The van der Waals surface area contributed by atoms with Crippen LogP contribution in [0.15, 0.2) is 0 Å². The molecule has 48 heavy (non-hydrogen) atoms. The van der Waals surface area contributed by atoms with Gasteiger partial charge in [0.15, 0.2) is 11.6 Å². The van der Waals surface area contributed by atoms with E-state index in [0.29, 0.717) is 19.3 Å². The van der Waals surface area contributed by atoms with Gasteiger partial charge in [-0.2, -0.15) is 0 Å². The number of hydrogen-bond acceptors (Lipinski definition) is 11. The van der Waals surface area contributed by atoms with Gasteiger partial charge >= 0.3 is 29.6 Å². The van der Waals surface area contributed by atoms with Crippen molar-refractivity contribution in [2.24, 2.45) is 35.5 Å². The first kappa shape index (κ1) is 40.9. The van der Waals surface area contributed by atoms with Crippen molar-refractivity contribution in [1.82, 2.24) is 0 Å². The summed E-state index contributed by atoms with van der Waals surface area (Å²) in [4.78, 5) is 11.7. The maximum absolute atomic E-state index is 11.7. The summed E-state index contributed by atoms with van der Waals surface area (Å²) in [6.07, 6.45) is 2.81. The molecule has 5 heterocycles. The summed E-state index contributed by atoms with van der Waals surface area (Å²) in [5, 5.41) is 43.9. The SMILES string of the molecule is CC[C@@]1(C2OC(C3O[C@@](O)(CO)C(C)CC3C)CC2C)CCC([C@]2(C)CCC3(CC(O)C(C)C(C(C)C(OC)C(C)C(=O)[O-])O3)O2)O1.[Na+]. The van der Waals surface area contributed by atoms with E-state index in [4.69, 9.17) is 28.4 Å². The Morgan fingerprint density at radius 1 is 1.04 bits per heavy atom. The van der Waals surface area contributed by atoms with Crippen LogP contribution in [0.5, 0.6) is 0 Å². The predicted octanol–water partition coefficient (Wildman–Crippen LogP) is -0.0578. The van der Waals surface area contributed by atoms with E-state index < -0.39 is 59.6 Å². The van der Waals surface area contributed by atoms with Crippen molar-refractivity contribution in [3.05, 3.63) is 0 Å². The Labute approximate surface area is 309 Å². The molecule has 11 nitrogen and oxygen atoms in total. The fourth-order valence-electron chi connectivity index (χ4n) is 9.91. The number of ether oxygens (including phenoxy) is 6.